The lowest BCUT2D eigenvalue weighted by Gasteiger charge is -2.30. The molecule has 0 amide bonds. The van der Waals surface area contributed by atoms with Crippen molar-refractivity contribution in [2.45, 2.75) is 25.8 Å². The van der Waals surface area contributed by atoms with Gasteiger partial charge in [0.15, 0.2) is 0 Å². The van der Waals surface area contributed by atoms with Crippen molar-refractivity contribution in [1.82, 2.24) is 5.32 Å². The second-order valence-electron chi connectivity index (χ2n) is 3.55. The Hall–Kier alpha value is -0.890. The molecule has 0 aromatic heterocycles. The van der Waals surface area contributed by atoms with Crippen molar-refractivity contribution in [3.05, 3.63) is 35.1 Å². The second kappa shape index (κ2) is 3.46. The van der Waals surface area contributed by atoms with Crippen LogP contribution in [0.15, 0.2) is 18.2 Å². The molecule has 70 valence electrons. The van der Waals surface area contributed by atoms with Gasteiger partial charge in [0.2, 0.25) is 0 Å². The highest BCUT2D eigenvalue weighted by atomic mass is 19.1. The van der Waals surface area contributed by atoms with Crippen LogP contribution in [-0.4, -0.2) is 6.54 Å². The molecule has 0 bridgehead atoms. The Bertz CT molecular complexity index is 309. The molecule has 0 spiro atoms. The Labute approximate surface area is 78.0 Å². The Balaban J connectivity index is 2.07. The topological polar surface area (TPSA) is 12.0 Å². The summed E-state index contributed by atoms with van der Waals surface area (Å²) < 4.78 is 12.8. The minimum Gasteiger partial charge on any atom is -0.310 e. The average Bonchev–Trinajstić information content (AvgIpc) is 2.11. The van der Waals surface area contributed by atoms with Gasteiger partial charge in [-0.25, -0.2) is 4.39 Å². The van der Waals surface area contributed by atoms with Gasteiger partial charge in [-0.05, 0) is 42.6 Å². The van der Waals surface area contributed by atoms with E-state index >= 15 is 0 Å². The lowest BCUT2D eigenvalue weighted by molar-refractivity contribution is 0.476. The number of hydrogen-bond acceptors (Lipinski definition) is 1. The maximum atomic E-state index is 12.8. The first-order valence-corrected chi connectivity index (χ1v) is 4.83. The Morgan fingerprint density at radius 2 is 2.38 bits per heavy atom. The van der Waals surface area contributed by atoms with Crippen LogP contribution in [0.1, 0.15) is 30.5 Å². The summed E-state index contributed by atoms with van der Waals surface area (Å²) in [5.74, 6) is -0.123. The zero-order chi connectivity index (χ0) is 9.26. The first-order chi connectivity index (χ1) is 6.31. The molecule has 0 heterocycles. The summed E-state index contributed by atoms with van der Waals surface area (Å²) in [5, 5.41) is 3.39. The van der Waals surface area contributed by atoms with Gasteiger partial charge in [0.1, 0.15) is 5.82 Å². The lowest BCUT2D eigenvalue weighted by atomic mass is 9.83. The van der Waals surface area contributed by atoms with Crippen LogP contribution in [0.25, 0.3) is 0 Å². The molecule has 1 unspecified atom stereocenters. The van der Waals surface area contributed by atoms with Crippen LogP contribution in [0.5, 0.6) is 0 Å². The first kappa shape index (κ1) is 8.70. The van der Waals surface area contributed by atoms with E-state index in [2.05, 4.69) is 12.2 Å². The number of nitrogens with one attached hydrogen (secondary N) is 1. The molecule has 0 saturated heterocycles. The van der Waals surface area contributed by atoms with Gasteiger partial charge in [-0.15, -0.1) is 0 Å². The molecule has 1 N–H and O–H groups in total. The minimum absolute atomic E-state index is 0.123. The first-order valence-electron chi connectivity index (χ1n) is 4.83. The van der Waals surface area contributed by atoms with Crippen molar-refractivity contribution in [2.75, 3.05) is 6.54 Å². The standard InChI is InChI=1S/C11H14FN/c1-2-5-13-11-6-8-3-4-9(12)7-10(8)11/h3-4,7,11,13H,2,5-6H2,1H3. The third-order valence-electron chi connectivity index (χ3n) is 2.55. The molecular weight excluding hydrogens is 165 g/mol. The molecule has 1 nitrogen and oxygen atoms in total. The summed E-state index contributed by atoms with van der Waals surface area (Å²) in [5.41, 5.74) is 2.43. The Morgan fingerprint density at radius 1 is 1.54 bits per heavy atom. The molecule has 2 rings (SSSR count). The highest BCUT2D eigenvalue weighted by molar-refractivity contribution is 5.39. The normalized spacial score (nSPS) is 19.4. The van der Waals surface area contributed by atoms with Crippen molar-refractivity contribution in [3.63, 3.8) is 0 Å². The summed E-state index contributed by atoms with van der Waals surface area (Å²) in [4.78, 5) is 0. The predicted molar refractivity (Wildman–Crippen MR) is 51.1 cm³/mol. The molecule has 1 aliphatic rings. The van der Waals surface area contributed by atoms with Crippen molar-refractivity contribution < 1.29 is 4.39 Å². The fourth-order valence-corrected chi connectivity index (χ4v) is 1.78. The number of benzene rings is 1. The highest BCUT2D eigenvalue weighted by Gasteiger charge is 2.25. The summed E-state index contributed by atoms with van der Waals surface area (Å²) in [6.07, 6.45) is 2.18. The quantitative estimate of drug-likeness (QED) is 0.751. The van der Waals surface area contributed by atoms with Gasteiger partial charge in [0.05, 0.1) is 0 Å². The van der Waals surface area contributed by atoms with E-state index in [9.17, 15) is 4.39 Å². The molecular formula is C11H14FN. The fraction of sp³-hybridized carbons (Fsp3) is 0.455. The molecule has 1 aromatic rings. The van der Waals surface area contributed by atoms with Crippen LogP contribution in [0.4, 0.5) is 4.39 Å². The summed E-state index contributed by atoms with van der Waals surface area (Å²) in [7, 11) is 0. The van der Waals surface area contributed by atoms with E-state index in [-0.39, 0.29) is 5.82 Å². The molecule has 0 saturated carbocycles. The predicted octanol–water partition coefficient (Wildman–Crippen LogP) is 2.42. The van der Waals surface area contributed by atoms with Crippen molar-refractivity contribution in [2.24, 2.45) is 0 Å². The number of fused-ring (bicyclic) bond motifs is 1. The SMILES string of the molecule is CCCNC1Cc2ccc(F)cc21. The third kappa shape index (κ3) is 1.59. The van der Waals surface area contributed by atoms with Crippen LogP contribution in [-0.2, 0) is 6.42 Å². The van der Waals surface area contributed by atoms with Gasteiger partial charge in [-0.3, -0.25) is 0 Å². The number of halogens is 1. The van der Waals surface area contributed by atoms with E-state index in [0.29, 0.717) is 6.04 Å². The molecule has 0 aliphatic heterocycles. The van der Waals surface area contributed by atoms with E-state index in [1.807, 2.05) is 6.07 Å². The second-order valence-corrected chi connectivity index (χ2v) is 3.55. The van der Waals surface area contributed by atoms with E-state index in [4.69, 9.17) is 0 Å². The van der Waals surface area contributed by atoms with E-state index in [1.54, 1.807) is 6.07 Å². The van der Waals surface area contributed by atoms with Crippen LogP contribution < -0.4 is 5.32 Å². The van der Waals surface area contributed by atoms with E-state index in [0.717, 1.165) is 24.9 Å². The van der Waals surface area contributed by atoms with Gasteiger partial charge >= 0.3 is 0 Å². The van der Waals surface area contributed by atoms with Crippen LogP contribution in [0.3, 0.4) is 0 Å². The average molecular weight is 179 g/mol. The molecule has 1 aromatic carbocycles. The maximum absolute atomic E-state index is 12.8. The molecule has 1 aliphatic carbocycles. The smallest absolute Gasteiger partial charge is 0.123 e. The maximum Gasteiger partial charge on any atom is 0.123 e. The number of rotatable bonds is 3. The van der Waals surface area contributed by atoms with Gasteiger partial charge in [-0.1, -0.05) is 13.0 Å². The fourth-order valence-electron chi connectivity index (χ4n) is 1.78. The summed E-state index contributed by atoms with van der Waals surface area (Å²) in [6, 6.07) is 5.46. The summed E-state index contributed by atoms with van der Waals surface area (Å²) in [6.45, 7) is 3.15. The lowest BCUT2D eigenvalue weighted by Crippen LogP contribution is -2.31. The Morgan fingerprint density at radius 3 is 3.15 bits per heavy atom. The van der Waals surface area contributed by atoms with E-state index < -0.39 is 0 Å². The molecule has 0 fully saturated rings. The number of hydrogen-bond donors (Lipinski definition) is 1. The van der Waals surface area contributed by atoms with Crippen molar-refractivity contribution in [1.29, 1.82) is 0 Å². The molecule has 1 atom stereocenters. The van der Waals surface area contributed by atoms with Gasteiger partial charge in [-0.2, -0.15) is 0 Å². The van der Waals surface area contributed by atoms with Gasteiger partial charge in [0.25, 0.3) is 0 Å². The Kier molecular flexibility index (Phi) is 2.32. The monoisotopic (exact) mass is 179 g/mol. The van der Waals surface area contributed by atoms with E-state index in [1.165, 1.54) is 11.6 Å². The summed E-state index contributed by atoms with van der Waals surface area (Å²) >= 11 is 0. The molecule has 13 heavy (non-hydrogen) atoms. The zero-order valence-corrected chi connectivity index (χ0v) is 7.81. The third-order valence-corrected chi connectivity index (χ3v) is 2.55. The van der Waals surface area contributed by atoms with Crippen molar-refractivity contribution in [3.8, 4) is 0 Å². The minimum atomic E-state index is -0.123. The van der Waals surface area contributed by atoms with Gasteiger partial charge < -0.3 is 5.32 Å². The largest absolute Gasteiger partial charge is 0.310 e. The van der Waals surface area contributed by atoms with Crippen LogP contribution in [0.2, 0.25) is 0 Å². The zero-order valence-electron chi connectivity index (χ0n) is 7.81. The van der Waals surface area contributed by atoms with Gasteiger partial charge in [0, 0.05) is 6.04 Å². The van der Waals surface area contributed by atoms with Crippen LogP contribution >= 0.6 is 0 Å². The molecule has 0 radical (unpaired) electrons. The highest BCUT2D eigenvalue weighted by Crippen LogP contribution is 2.33. The molecule has 2 heteroatoms. The van der Waals surface area contributed by atoms with Crippen molar-refractivity contribution >= 4 is 0 Å². The van der Waals surface area contributed by atoms with Crippen LogP contribution in [0, 0.1) is 5.82 Å².